The molecule has 1 aromatic heterocycles. The number of hydrogen-bond acceptors (Lipinski definition) is 3. The van der Waals surface area contributed by atoms with Gasteiger partial charge in [0.2, 0.25) is 10.0 Å². The Labute approximate surface area is 135 Å². The molecule has 0 radical (unpaired) electrons. The van der Waals surface area contributed by atoms with Crippen molar-refractivity contribution in [2.24, 2.45) is 0 Å². The van der Waals surface area contributed by atoms with Crippen LogP contribution in [0.2, 0.25) is 0 Å². The van der Waals surface area contributed by atoms with Gasteiger partial charge < -0.3 is 0 Å². The van der Waals surface area contributed by atoms with Gasteiger partial charge in [-0.3, -0.25) is 0 Å². The van der Waals surface area contributed by atoms with E-state index in [1.165, 1.54) is 11.3 Å². The zero-order valence-electron chi connectivity index (χ0n) is 12.5. The number of hydrogen-bond donors (Lipinski definition) is 0. The highest BCUT2D eigenvalue weighted by Crippen LogP contribution is 2.37. The van der Waals surface area contributed by atoms with Crippen LogP contribution in [0.5, 0.6) is 0 Å². The van der Waals surface area contributed by atoms with E-state index in [0.29, 0.717) is 11.4 Å². The topological polar surface area (TPSA) is 37.4 Å². The molecule has 2 aromatic rings. The van der Waals surface area contributed by atoms with Gasteiger partial charge in [-0.2, -0.15) is 4.31 Å². The smallest absolute Gasteiger partial charge is 0.207 e. The SMILES string of the molecule is CCCN(C(C)C)S(=O)(=O)c1c(CCl)sc2ccccc12. The maximum absolute atomic E-state index is 13.1. The molecule has 0 unspecified atom stereocenters. The summed E-state index contributed by atoms with van der Waals surface area (Å²) < 4.78 is 28.7. The van der Waals surface area contributed by atoms with Gasteiger partial charge in [0, 0.05) is 27.5 Å². The number of benzene rings is 1. The van der Waals surface area contributed by atoms with Gasteiger partial charge in [0.15, 0.2) is 0 Å². The highest BCUT2D eigenvalue weighted by molar-refractivity contribution is 7.89. The van der Waals surface area contributed by atoms with E-state index in [9.17, 15) is 8.42 Å². The summed E-state index contributed by atoms with van der Waals surface area (Å²) in [4.78, 5) is 1.11. The third-order valence-corrected chi connectivity index (χ3v) is 7.26. The highest BCUT2D eigenvalue weighted by atomic mass is 35.5. The fourth-order valence-electron chi connectivity index (χ4n) is 2.44. The molecule has 0 aliphatic carbocycles. The first kappa shape index (κ1) is 16.7. The van der Waals surface area contributed by atoms with Crippen LogP contribution in [-0.2, 0) is 15.9 Å². The van der Waals surface area contributed by atoms with Crippen LogP contribution in [0, 0.1) is 0 Å². The second-order valence-electron chi connectivity index (χ2n) is 5.19. The summed E-state index contributed by atoms with van der Waals surface area (Å²) >= 11 is 7.46. The average Bonchev–Trinajstić information content (AvgIpc) is 2.83. The molecule has 2 rings (SSSR count). The maximum atomic E-state index is 13.1. The second kappa shape index (κ2) is 6.65. The van der Waals surface area contributed by atoms with Gasteiger partial charge in [-0.05, 0) is 26.3 Å². The molecule has 1 heterocycles. The summed E-state index contributed by atoms with van der Waals surface area (Å²) in [6.45, 7) is 6.31. The normalized spacial score (nSPS) is 12.7. The third kappa shape index (κ3) is 3.11. The summed E-state index contributed by atoms with van der Waals surface area (Å²) in [5.74, 6) is 0.214. The molecule has 6 heteroatoms. The Bertz CT molecular complexity index is 722. The molecule has 0 saturated heterocycles. The molecule has 0 amide bonds. The molecule has 0 fully saturated rings. The lowest BCUT2D eigenvalue weighted by molar-refractivity contribution is 0.354. The van der Waals surface area contributed by atoms with E-state index < -0.39 is 10.0 Å². The standard InChI is InChI=1S/C15H20ClNO2S2/c1-4-9-17(11(2)3)21(18,19)15-12-7-5-6-8-13(12)20-14(15)10-16/h5-8,11H,4,9-10H2,1-3H3. The molecule has 0 saturated carbocycles. The van der Waals surface area contributed by atoms with Crippen molar-refractivity contribution in [2.75, 3.05) is 6.54 Å². The molecule has 0 spiro atoms. The van der Waals surface area contributed by atoms with Gasteiger partial charge >= 0.3 is 0 Å². The predicted molar refractivity (Wildman–Crippen MR) is 90.7 cm³/mol. The average molecular weight is 346 g/mol. The van der Waals surface area contributed by atoms with Gasteiger partial charge in [0.25, 0.3) is 0 Å². The Morgan fingerprint density at radius 1 is 1.29 bits per heavy atom. The van der Waals surface area contributed by atoms with Crippen LogP contribution in [0.3, 0.4) is 0 Å². The summed E-state index contributed by atoms with van der Waals surface area (Å²) in [5.41, 5.74) is 0. The van der Waals surface area contributed by atoms with Gasteiger partial charge in [-0.15, -0.1) is 22.9 Å². The van der Waals surface area contributed by atoms with Crippen molar-refractivity contribution in [3.05, 3.63) is 29.1 Å². The summed E-state index contributed by atoms with van der Waals surface area (Å²) in [5, 5.41) is 0.778. The van der Waals surface area contributed by atoms with E-state index in [4.69, 9.17) is 11.6 Å². The van der Waals surface area contributed by atoms with Gasteiger partial charge in [0.1, 0.15) is 4.90 Å². The van der Waals surface area contributed by atoms with E-state index in [1.807, 2.05) is 45.0 Å². The molecule has 0 bridgehead atoms. The lowest BCUT2D eigenvalue weighted by Crippen LogP contribution is -2.37. The van der Waals surface area contributed by atoms with Crippen LogP contribution in [-0.4, -0.2) is 25.3 Å². The minimum Gasteiger partial charge on any atom is -0.207 e. The van der Waals surface area contributed by atoms with Crippen LogP contribution < -0.4 is 0 Å². The molecule has 1 aromatic carbocycles. The largest absolute Gasteiger partial charge is 0.245 e. The fourth-order valence-corrected chi connectivity index (χ4v) is 6.30. The van der Waals surface area contributed by atoms with Crippen molar-refractivity contribution in [1.82, 2.24) is 4.31 Å². The van der Waals surface area contributed by atoms with Crippen molar-refractivity contribution in [1.29, 1.82) is 0 Å². The Hall–Kier alpha value is -0.620. The molecular weight excluding hydrogens is 326 g/mol. The quantitative estimate of drug-likeness (QED) is 0.725. The number of halogens is 1. The zero-order chi connectivity index (χ0) is 15.6. The van der Waals surface area contributed by atoms with Crippen molar-refractivity contribution >= 4 is 43.0 Å². The zero-order valence-corrected chi connectivity index (χ0v) is 14.9. The lowest BCUT2D eigenvalue weighted by atomic mass is 10.2. The molecule has 21 heavy (non-hydrogen) atoms. The first-order chi connectivity index (χ1) is 9.93. The minimum atomic E-state index is -3.53. The van der Waals surface area contributed by atoms with E-state index in [2.05, 4.69) is 0 Å². The minimum absolute atomic E-state index is 0.0724. The van der Waals surface area contributed by atoms with E-state index in [0.717, 1.165) is 21.4 Å². The number of sulfonamides is 1. The number of alkyl halides is 1. The number of fused-ring (bicyclic) bond motifs is 1. The summed E-state index contributed by atoms with van der Waals surface area (Å²) in [6.07, 6.45) is 0.787. The van der Waals surface area contributed by atoms with Crippen LogP contribution in [0.25, 0.3) is 10.1 Å². The van der Waals surface area contributed by atoms with Crippen molar-refractivity contribution in [3.63, 3.8) is 0 Å². The number of nitrogens with zero attached hydrogens (tertiary/aromatic N) is 1. The van der Waals surface area contributed by atoms with Crippen molar-refractivity contribution in [2.45, 2.75) is 44.0 Å². The number of thiophene rings is 1. The van der Waals surface area contributed by atoms with E-state index >= 15 is 0 Å². The predicted octanol–water partition coefficient (Wildman–Crippen LogP) is 4.45. The number of rotatable bonds is 6. The van der Waals surface area contributed by atoms with E-state index in [-0.39, 0.29) is 11.9 Å². The van der Waals surface area contributed by atoms with Crippen molar-refractivity contribution in [3.8, 4) is 0 Å². The fraction of sp³-hybridized carbons (Fsp3) is 0.467. The monoisotopic (exact) mass is 345 g/mol. The van der Waals surface area contributed by atoms with Gasteiger partial charge in [-0.25, -0.2) is 8.42 Å². The first-order valence-electron chi connectivity index (χ1n) is 7.01. The molecular formula is C15H20ClNO2S2. The molecule has 0 N–H and O–H groups in total. The van der Waals surface area contributed by atoms with Crippen LogP contribution in [0.1, 0.15) is 32.1 Å². The third-order valence-electron chi connectivity index (χ3n) is 3.33. The maximum Gasteiger partial charge on any atom is 0.245 e. The van der Waals surface area contributed by atoms with Gasteiger partial charge in [0.05, 0.1) is 5.88 Å². The van der Waals surface area contributed by atoms with Crippen LogP contribution in [0.4, 0.5) is 0 Å². The molecule has 0 aliphatic rings. The Morgan fingerprint density at radius 3 is 2.52 bits per heavy atom. The lowest BCUT2D eigenvalue weighted by Gasteiger charge is -2.25. The Kier molecular flexibility index (Phi) is 5.30. The summed E-state index contributed by atoms with van der Waals surface area (Å²) in [6, 6.07) is 7.51. The highest BCUT2D eigenvalue weighted by Gasteiger charge is 2.31. The molecule has 3 nitrogen and oxygen atoms in total. The summed E-state index contributed by atoms with van der Waals surface area (Å²) in [7, 11) is -3.53. The van der Waals surface area contributed by atoms with Gasteiger partial charge in [-0.1, -0.05) is 25.1 Å². The molecule has 0 atom stereocenters. The molecule has 116 valence electrons. The second-order valence-corrected chi connectivity index (χ2v) is 8.43. The Morgan fingerprint density at radius 2 is 1.95 bits per heavy atom. The van der Waals surface area contributed by atoms with Crippen LogP contribution in [0.15, 0.2) is 29.2 Å². The van der Waals surface area contributed by atoms with Crippen molar-refractivity contribution < 1.29 is 8.42 Å². The molecule has 0 aliphatic heterocycles. The first-order valence-corrected chi connectivity index (χ1v) is 9.80. The van der Waals surface area contributed by atoms with E-state index in [1.54, 1.807) is 4.31 Å². The Balaban J connectivity index is 2.68. The van der Waals surface area contributed by atoms with Crippen LogP contribution >= 0.6 is 22.9 Å².